The van der Waals surface area contributed by atoms with Crippen LogP contribution in [-0.2, 0) is 13.6 Å². The first-order valence-corrected chi connectivity index (χ1v) is 6.75. The summed E-state index contributed by atoms with van der Waals surface area (Å²) in [4.78, 5) is 0. The van der Waals surface area contributed by atoms with E-state index in [0.717, 1.165) is 5.69 Å². The Morgan fingerprint density at radius 3 is 2.80 bits per heavy atom. The molecule has 1 N–H and O–H groups in total. The Kier molecular flexibility index (Phi) is 3.36. The molecule has 0 bridgehead atoms. The molecule has 0 atom stereocenters. The number of aromatic nitrogens is 1. The van der Waals surface area contributed by atoms with Gasteiger partial charge in [0.05, 0.1) is 5.02 Å². The zero-order valence-electron chi connectivity index (χ0n) is 11.0. The van der Waals surface area contributed by atoms with E-state index in [4.69, 9.17) is 11.6 Å². The summed E-state index contributed by atoms with van der Waals surface area (Å²) in [6, 6.07) is 12.9. The van der Waals surface area contributed by atoms with Gasteiger partial charge in [0, 0.05) is 36.4 Å². The van der Waals surface area contributed by atoms with E-state index in [1.807, 2.05) is 19.2 Å². The maximum Gasteiger partial charge on any atom is 0.141 e. The SMILES string of the molecule is Cn1cc(CNc2ccc(F)c(Cl)c2)c2ccccc21. The Balaban J connectivity index is 1.85. The Bertz CT molecular complexity index is 764. The normalized spacial score (nSPS) is 10.9. The minimum Gasteiger partial charge on any atom is -0.381 e. The third-order valence-corrected chi connectivity index (χ3v) is 3.67. The van der Waals surface area contributed by atoms with Gasteiger partial charge in [-0.25, -0.2) is 4.39 Å². The van der Waals surface area contributed by atoms with Crippen molar-refractivity contribution in [3.8, 4) is 0 Å². The lowest BCUT2D eigenvalue weighted by Crippen LogP contribution is -1.99. The second-order valence-corrected chi connectivity index (χ2v) is 5.17. The van der Waals surface area contributed by atoms with Crippen molar-refractivity contribution in [3.63, 3.8) is 0 Å². The van der Waals surface area contributed by atoms with Crippen LogP contribution in [0.2, 0.25) is 5.02 Å². The molecule has 0 fully saturated rings. The number of halogens is 2. The zero-order chi connectivity index (χ0) is 14.1. The van der Waals surface area contributed by atoms with Gasteiger partial charge in [-0.3, -0.25) is 0 Å². The third-order valence-electron chi connectivity index (χ3n) is 3.38. The molecule has 2 nitrogen and oxygen atoms in total. The molecular weight excluding hydrogens is 275 g/mol. The molecule has 3 rings (SSSR count). The number of hydrogen-bond acceptors (Lipinski definition) is 1. The third kappa shape index (κ3) is 2.37. The van der Waals surface area contributed by atoms with Gasteiger partial charge in [0.15, 0.2) is 0 Å². The van der Waals surface area contributed by atoms with Crippen LogP contribution in [0, 0.1) is 5.82 Å². The molecule has 4 heteroatoms. The molecular formula is C16H14ClFN2. The first-order valence-electron chi connectivity index (χ1n) is 6.37. The van der Waals surface area contributed by atoms with Gasteiger partial charge < -0.3 is 9.88 Å². The predicted molar refractivity (Wildman–Crippen MR) is 81.7 cm³/mol. The fraction of sp³-hybridized carbons (Fsp3) is 0.125. The number of para-hydroxylation sites is 1. The van der Waals surface area contributed by atoms with Crippen LogP contribution in [0.3, 0.4) is 0 Å². The molecule has 2 aromatic carbocycles. The standard InChI is InChI=1S/C16H14ClFN2/c1-20-10-11(13-4-2-3-5-16(13)20)9-19-12-6-7-15(18)14(17)8-12/h2-8,10,19H,9H2,1H3. The van der Waals surface area contributed by atoms with E-state index in [-0.39, 0.29) is 5.02 Å². The minimum absolute atomic E-state index is 0.132. The number of nitrogens with one attached hydrogen (secondary N) is 1. The molecule has 0 aliphatic carbocycles. The van der Waals surface area contributed by atoms with Gasteiger partial charge in [-0.15, -0.1) is 0 Å². The van der Waals surface area contributed by atoms with Crippen LogP contribution < -0.4 is 5.32 Å². The van der Waals surface area contributed by atoms with Gasteiger partial charge in [0.1, 0.15) is 5.82 Å². The number of fused-ring (bicyclic) bond motifs is 1. The van der Waals surface area contributed by atoms with Crippen molar-refractivity contribution in [3.05, 3.63) is 65.1 Å². The van der Waals surface area contributed by atoms with Crippen LogP contribution in [0.1, 0.15) is 5.56 Å². The zero-order valence-corrected chi connectivity index (χ0v) is 11.8. The summed E-state index contributed by atoms with van der Waals surface area (Å²) < 4.78 is 15.2. The number of rotatable bonds is 3. The summed E-state index contributed by atoms with van der Waals surface area (Å²) in [6.07, 6.45) is 2.10. The minimum atomic E-state index is -0.401. The van der Waals surface area contributed by atoms with Crippen molar-refractivity contribution in [2.24, 2.45) is 7.05 Å². The van der Waals surface area contributed by atoms with Crippen molar-refractivity contribution >= 4 is 28.2 Å². The summed E-state index contributed by atoms with van der Waals surface area (Å²) in [5, 5.41) is 4.62. The van der Waals surface area contributed by atoms with Gasteiger partial charge >= 0.3 is 0 Å². The summed E-state index contributed by atoms with van der Waals surface area (Å²) >= 11 is 5.78. The molecule has 20 heavy (non-hydrogen) atoms. The number of nitrogens with zero attached hydrogens (tertiary/aromatic N) is 1. The van der Waals surface area contributed by atoms with E-state index in [2.05, 4.69) is 28.2 Å². The molecule has 0 radical (unpaired) electrons. The first kappa shape index (κ1) is 13.0. The monoisotopic (exact) mass is 288 g/mol. The predicted octanol–water partition coefficient (Wildman–Crippen LogP) is 4.58. The topological polar surface area (TPSA) is 17.0 Å². The van der Waals surface area contributed by atoms with E-state index in [0.29, 0.717) is 6.54 Å². The maximum absolute atomic E-state index is 13.1. The fourth-order valence-electron chi connectivity index (χ4n) is 2.37. The first-order chi connectivity index (χ1) is 9.65. The maximum atomic E-state index is 13.1. The van der Waals surface area contributed by atoms with Crippen molar-refractivity contribution < 1.29 is 4.39 Å². The number of anilines is 1. The van der Waals surface area contributed by atoms with Crippen LogP contribution in [0.15, 0.2) is 48.7 Å². The summed E-state index contributed by atoms with van der Waals surface area (Å²) in [6.45, 7) is 0.670. The Morgan fingerprint density at radius 2 is 2.00 bits per heavy atom. The fourth-order valence-corrected chi connectivity index (χ4v) is 2.55. The number of aryl methyl sites for hydroxylation is 1. The molecule has 0 saturated heterocycles. The van der Waals surface area contributed by atoms with Gasteiger partial charge in [-0.05, 0) is 29.8 Å². The van der Waals surface area contributed by atoms with E-state index in [1.54, 1.807) is 12.1 Å². The van der Waals surface area contributed by atoms with Crippen LogP contribution in [-0.4, -0.2) is 4.57 Å². The number of benzene rings is 2. The molecule has 0 unspecified atom stereocenters. The van der Waals surface area contributed by atoms with Crippen LogP contribution >= 0.6 is 11.6 Å². The highest BCUT2D eigenvalue weighted by atomic mass is 35.5. The largest absolute Gasteiger partial charge is 0.381 e. The average molecular weight is 289 g/mol. The summed E-state index contributed by atoms with van der Waals surface area (Å²) in [7, 11) is 2.03. The van der Waals surface area contributed by atoms with Crippen molar-refractivity contribution in [2.75, 3.05) is 5.32 Å². The van der Waals surface area contributed by atoms with Crippen molar-refractivity contribution in [1.82, 2.24) is 4.57 Å². The van der Waals surface area contributed by atoms with Crippen LogP contribution in [0.4, 0.5) is 10.1 Å². The van der Waals surface area contributed by atoms with Crippen molar-refractivity contribution in [1.29, 1.82) is 0 Å². The molecule has 0 spiro atoms. The van der Waals surface area contributed by atoms with Gasteiger partial charge in [-0.2, -0.15) is 0 Å². The van der Waals surface area contributed by atoms with Crippen LogP contribution in [0.5, 0.6) is 0 Å². The van der Waals surface area contributed by atoms with E-state index in [9.17, 15) is 4.39 Å². The molecule has 1 heterocycles. The molecule has 3 aromatic rings. The smallest absolute Gasteiger partial charge is 0.141 e. The summed E-state index contributed by atoms with van der Waals surface area (Å²) in [5.41, 5.74) is 3.20. The lowest BCUT2D eigenvalue weighted by atomic mass is 10.2. The van der Waals surface area contributed by atoms with Crippen LogP contribution in [0.25, 0.3) is 10.9 Å². The Hall–Kier alpha value is -2.00. The molecule has 0 amide bonds. The van der Waals surface area contributed by atoms with Crippen molar-refractivity contribution in [2.45, 2.75) is 6.54 Å². The Morgan fingerprint density at radius 1 is 1.20 bits per heavy atom. The molecule has 1 aromatic heterocycles. The quantitative estimate of drug-likeness (QED) is 0.746. The Labute approximate surface area is 121 Å². The molecule has 0 aliphatic heterocycles. The van der Waals surface area contributed by atoms with Gasteiger partial charge in [0.25, 0.3) is 0 Å². The molecule has 0 saturated carbocycles. The van der Waals surface area contributed by atoms with Gasteiger partial charge in [0.2, 0.25) is 0 Å². The average Bonchev–Trinajstić information content (AvgIpc) is 2.78. The van der Waals surface area contributed by atoms with E-state index in [1.165, 1.54) is 22.5 Å². The van der Waals surface area contributed by atoms with Gasteiger partial charge in [-0.1, -0.05) is 29.8 Å². The lowest BCUT2D eigenvalue weighted by Gasteiger charge is -2.06. The second-order valence-electron chi connectivity index (χ2n) is 4.76. The van der Waals surface area contributed by atoms with E-state index >= 15 is 0 Å². The highest BCUT2D eigenvalue weighted by Gasteiger charge is 2.06. The lowest BCUT2D eigenvalue weighted by molar-refractivity contribution is 0.628. The van der Waals surface area contributed by atoms with E-state index < -0.39 is 5.82 Å². The summed E-state index contributed by atoms with van der Waals surface area (Å²) in [5.74, 6) is -0.401. The second kappa shape index (κ2) is 5.17. The number of hydrogen-bond donors (Lipinski definition) is 1. The highest BCUT2D eigenvalue weighted by molar-refractivity contribution is 6.31. The highest BCUT2D eigenvalue weighted by Crippen LogP contribution is 2.23. The molecule has 102 valence electrons. The molecule has 0 aliphatic rings.